The molecule has 7 nitrogen and oxygen atoms in total. The van der Waals surface area contributed by atoms with Crippen molar-refractivity contribution >= 4 is 28.9 Å². The molecule has 0 saturated carbocycles. The zero-order chi connectivity index (χ0) is 28.9. The number of benzene rings is 3. The van der Waals surface area contributed by atoms with Crippen LogP contribution < -0.4 is 25.2 Å². The van der Waals surface area contributed by atoms with Gasteiger partial charge in [-0.25, -0.2) is 0 Å². The minimum Gasteiger partial charge on any atom is -0.495 e. The van der Waals surface area contributed by atoms with Crippen LogP contribution in [-0.4, -0.2) is 51.6 Å². The molecule has 4 rings (SSSR count). The number of carbonyl (C=O) groups is 2. The molecular formula is C33H42N4O3. The molecule has 0 aliphatic carbocycles. The van der Waals surface area contributed by atoms with E-state index in [1.54, 1.807) is 13.2 Å². The summed E-state index contributed by atoms with van der Waals surface area (Å²) in [6, 6.07) is 21.3. The van der Waals surface area contributed by atoms with Gasteiger partial charge in [0.15, 0.2) is 0 Å². The van der Waals surface area contributed by atoms with Gasteiger partial charge in [0.25, 0.3) is 11.8 Å². The van der Waals surface area contributed by atoms with E-state index >= 15 is 0 Å². The van der Waals surface area contributed by atoms with Crippen molar-refractivity contribution in [3.63, 3.8) is 0 Å². The first-order valence-electron chi connectivity index (χ1n) is 14.0. The number of hydrogen-bond acceptors (Lipinski definition) is 5. The van der Waals surface area contributed by atoms with Crippen LogP contribution in [0.4, 0.5) is 17.1 Å². The molecule has 3 aromatic rings. The first kappa shape index (κ1) is 29.0. The molecule has 1 saturated heterocycles. The Morgan fingerprint density at radius 2 is 1.48 bits per heavy atom. The van der Waals surface area contributed by atoms with Crippen molar-refractivity contribution in [3.8, 4) is 5.75 Å². The summed E-state index contributed by atoms with van der Waals surface area (Å²) in [6.07, 6.45) is 0. The number of nitrogens with zero attached hydrogens (tertiary/aromatic N) is 2. The molecule has 1 heterocycles. The Hall–Kier alpha value is -4.00. The van der Waals surface area contributed by atoms with Gasteiger partial charge < -0.3 is 25.2 Å². The molecule has 1 fully saturated rings. The molecule has 2 N–H and O–H groups in total. The van der Waals surface area contributed by atoms with Crippen molar-refractivity contribution in [1.82, 2.24) is 5.32 Å². The van der Waals surface area contributed by atoms with Crippen LogP contribution in [-0.2, 0) is 5.41 Å². The summed E-state index contributed by atoms with van der Waals surface area (Å²) < 4.78 is 5.56. The number of para-hydroxylation sites is 2. The van der Waals surface area contributed by atoms with Gasteiger partial charge in [-0.2, -0.15) is 0 Å². The quantitative estimate of drug-likeness (QED) is 0.368. The second kappa shape index (κ2) is 12.5. The predicted molar refractivity (Wildman–Crippen MR) is 164 cm³/mol. The maximum absolute atomic E-state index is 13.3. The Balaban J connectivity index is 1.53. The maximum atomic E-state index is 13.3. The van der Waals surface area contributed by atoms with Crippen LogP contribution in [0.3, 0.4) is 0 Å². The molecule has 0 radical (unpaired) electrons. The van der Waals surface area contributed by atoms with Gasteiger partial charge in [-0.15, -0.1) is 0 Å². The van der Waals surface area contributed by atoms with Crippen molar-refractivity contribution in [2.45, 2.75) is 40.0 Å². The van der Waals surface area contributed by atoms with Crippen LogP contribution in [0.15, 0.2) is 66.7 Å². The van der Waals surface area contributed by atoms with Gasteiger partial charge in [-0.1, -0.05) is 58.9 Å². The molecule has 0 aromatic heterocycles. The Kier molecular flexibility index (Phi) is 9.03. The highest BCUT2D eigenvalue weighted by Gasteiger charge is 2.24. The Labute approximate surface area is 238 Å². The molecule has 2 amide bonds. The average Bonchev–Trinajstić information content (AvgIpc) is 2.95. The number of amides is 2. The zero-order valence-corrected chi connectivity index (χ0v) is 24.6. The van der Waals surface area contributed by atoms with E-state index in [0.717, 1.165) is 43.3 Å². The highest BCUT2D eigenvalue weighted by atomic mass is 16.5. The van der Waals surface area contributed by atoms with Gasteiger partial charge in [-0.3, -0.25) is 9.59 Å². The van der Waals surface area contributed by atoms with E-state index < -0.39 is 0 Å². The summed E-state index contributed by atoms with van der Waals surface area (Å²) in [5.74, 6) is 0.849. The molecule has 1 aliphatic rings. The normalized spacial score (nSPS) is 13.8. The Morgan fingerprint density at radius 3 is 2.08 bits per heavy atom. The summed E-state index contributed by atoms with van der Waals surface area (Å²) >= 11 is 0. The largest absolute Gasteiger partial charge is 0.495 e. The van der Waals surface area contributed by atoms with Gasteiger partial charge in [0.1, 0.15) is 5.75 Å². The van der Waals surface area contributed by atoms with Crippen LogP contribution in [0.25, 0.3) is 0 Å². The standard InChI is InChI=1S/C33H42N4O3/c1-23(2)22-34-32(39)27-21-26(35-31(38)24-11-13-25(14-12-24)33(3,4)5)15-16-28(27)36-17-19-37(20-18-36)29-9-7-8-10-30(29)40-6/h7-16,21,23H,17-20,22H2,1-6H3,(H,34,39)(H,35,38). The monoisotopic (exact) mass is 542 g/mol. The molecular weight excluding hydrogens is 500 g/mol. The van der Waals surface area contributed by atoms with E-state index in [9.17, 15) is 9.59 Å². The van der Waals surface area contributed by atoms with Crippen LogP contribution in [0.1, 0.15) is 60.9 Å². The summed E-state index contributed by atoms with van der Waals surface area (Å²) in [7, 11) is 1.69. The third-order valence-electron chi connectivity index (χ3n) is 7.23. The smallest absolute Gasteiger partial charge is 0.255 e. The fourth-order valence-electron chi connectivity index (χ4n) is 4.87. The van der Waals surface area contributed by atoms with Crippen LogP contribution in [0.2, 0.25) is 0 Å². The van der Waals surface area contributed by atoms with Crippen LogP contribution in [0.5, 0.6) is 5.75 Å². The number of nitrogens with one attached hydrogen (secondary N) is 2. The lowest BCUT2D eigenvalue weighted by Gasteiger charge is -2.38. The molecule has 7 heteroatoms. The van der Waals surface area contributed by atoms with Gasteiger partial charge in [-0.05, 0) is 59.4 Å². The second-order valence-electron chi connectivity index (χ2n) is 11.8. The summed E-state index contributed by atoms with van der Waals surface area (Å²) in [5.41, 5.74) is 4.87. The van der Waals surface area contributed by atoms with E-state index in [1.807, 2.05) is 54.6 Å². The number of piperazine rings is 1. The fourth-order valence-corrected chi connectivity index (χ4v) is 4.87. The molecule has 0 atom stereocenters. The molecule has 1 aliphatic heterocycles. The molecule has 0 spiro atoms. The number of rotatable bonds is 8. The maximum Gasteiger partial charge on any atom is 0.255 e. The highest BCUT2D eigenvalue weighted by Crippen LogP contribution is 2.31. The first-order valence-corrected chi connectivity index (χ1v) is 14.0. The van der Waals surface area contributed by atoms with E-state index in [-0.39, 0.29) is 17.2 Å². The van der Waals surface area contributed by atoms with Crippen LogP contribution in [0, 0.1) is 5.92 Å². The van der Waals surface area contributed by atoms with Crippen molar-refractivity contribution in [3.05, 3.63) is 83.4 Å². The molecule has 3 aromatic carbocycles. The predicted octanol–water partition coefficient (Wildman–Crippen LogP) is 5.96. The third-order valence-corrected chi connectivity index (χ3v) is 7.23. The van der Waals surface area contributed by atoms with Crippen molar-refractivity contribution < 1.29 is 14.3 Å². The number of anilines is 3. The van der Waals surface area contributed by atoms with E-state index in [1.165, 1.54) is 5.56 Å². The number of carbonyl (C=O) groups excluding carboxylic acids is 2. The Bertz CT molecular complexity index is 1320. The molecule has 0 bridgehead atoms. The van der Waals surface area contributed by atoms with Gasteiger partial charge in [0.2, 0.25) is 0 Å². The SMILES string of the molecule is COc1ccccc1N1CCN(c2ccc(NC(=O)c3ccc(C(C)(C)C)cc3)cc2C(=O)NCC(C)C)CC1. The van der Waals surface area contributed by atoms with Crippen molar-refractivity contribution in [2.75, 3.05) is 55.0 Å². The summed E-state index contributed by atoms with van der Waals surface area (Å²) in [6.45, 7) is 14.3. The summed E-state index contributed by atoms with van der Waals surface area (Å²) in [4.78, 5) is 30.9. The number of ether oxygens (including phenoxy) is 1. The lowest BCUT2D eigenvalue weighted by atomic mass is 9.87. The van der Waals surface area contributed by atoms with Gasteiger partial charge in [0, 0.05) is 49.7 Å². The average molecular weight is 543 g/mol. The third kappa shape index (κ3) is 6.95. The Morgan fingerprint density at radius 1 is 0.850 bits per heavy atom. The lowest BCUT2D eigenvalue weighted by molar-refractivity contribution is 0.0948. The highest BCUT2D eigenvalue weighted by molar-refractivity contribution is 6.06. The molecule has 40 heavy (non-hydrogen) atoms. The first-order chi connectivity index (χ1) is 19.1. The van der Waals surface area contributed by atoms with E-state index in [2.05, 4.69) is 61.1 Å². The summed E-state index contributed by atoms with van der Waals surface area (Å²) in [5, 5.41) is 6.04. The van der Waals surface area contributed by atoms with Crippen LogP contribution >= 0.6 is 0 Å². The van der Waals surface area contributed by atoms with E-state index in [0.29, 0.717) is 29.3 Å². The molecule has 212 valence electrons. The topological polar surface area (TPSA) is 73.9 Å². The number of methoxy groups -OCH3 is 1. The van der Waals surface area contributed by atoms with Crippen molar-refractivity contribution in [1.29, 1.82) is 0 Å². The second-order valence-corrected chi connectivity index (χ2v) is 11.8. The number of hydrogen-bond donors (Lipinski definition) is 2. The van der Waals surface area contributed by atoms with Gasteiger partial charge in [0.05, 0.1) is 18.4 Å². The van der Waals surface area contributed by atoms with Crippen molar-refractivity contribution in [2.24, 2.45) is 5.92 Å². The fraction of sp³-hybridized carbons (Fsp3) is 0.394. The minimum absolute atomic E-state index is 0.0156. The van der Waals surface area contributed by atoms with E-state index in [4.69, 9.17) is 4.74 Å². The van der Waals surface area contributed by atoms with Gasteiger partial charge >= 0.3 is 0 Å². The minimum atomic E-state index is -0.202. The zero-order valence-electron chi connectivity index (χ0n) is 24.6. The lowest BCUT2D eigenvalue weighted by Crippen LogP contribution is -2.47. The molecule has 0 unspecified atom stereocenters.